The van der Waals surface area contributed by atoms with Crippen molar-refractivity contribution in [3.8, 4) is 5.75 Å². The predicted octanol–water partition coefficient (Wildman–Crippen LogP) is 1.01. The molecule has 7 heteroatoms. The van der Waals surface area contributed by atoms with Gasteiger partial charge in [0.25, 0.3) is 0 Å². The molecule has 1 fully saturated rings. The summed E-state index contributed by atoms with van der Waals surface area (Å²) in [5.41, 5.74) is 1.15. The van der Waals surface area contributed by atoms with E-state index in [1.54, 1.807) is 38.2 Å². The molecule has 0 spiro atoms. The van der Waals surface area contributed by atoms with Crippen LogP contribution >= 0.6 is 0 Å². The van der Waals surface area contributed by atoms with Gasteiger partial charge >= 0.3 is 5.63 Å². The fourth-order valence-corrected chi connectivity index (χ4v) is 3.15. The standard InChI is InChI=1S/C19H25N3O4/c1-20(2)18(23)13-22-8-6-21(7-9-22)12-14-10-19(24)26-17-11-15(25-3)4-5-16(14)17/h4-5,10-11H,6-9,12-13H2,1-3H3. The van der Waals surface area contributed by atoms with E-state index in [1.165, 1.54) is 0 Å². The Kier molecular flexibility index (Phi) is 5.58. The molecule has 1 aliphatic rings. The summed E-state index contributed by atoms with van der Waals surface area (Å²) in [5.74, 6) is 0.788. The van der Waals surface area contributed by atoms with Crippen LogP contribution in [0.5, 0.6) is 5.75 Å². The van der Waals surface area contributed by atoms with Crippen LogP contribution in [-0.4, -0.2) is 74.5 Å². The van der Waals surface area contributed by atoms with Gasteiger partial charge in [0.05, 0.1) is 13.7 Å². The lowest BCUT2D eigenvalue weighted by Crippen LogP contribution is -2.48. The number of hydrogen-bond acceptors (Lipinski definition) is 6. The van der Waals surface area contributed by atoms with E-state index < -0.39 is 0 Å². The summed E-state index contributed by atoms with van der Waals surface area (Å²) in [5, 5.41) is 0.926. The lowest BCUT2D eigenvalue weighted by Gasteiger charge is -2.34. The highest BCUT2D eigenvalue weighted by atomic mass is 16.5. The first kappa shape index (κ1) is 18.4. The zero-order valence-electron chi connectivity index (χ0n) is 15.5. The van der Waals surface area contributed by atoms with Crippen LogP contribution in [0.4, 0.5) is 0 Å². The Bertz CT molecular complexity index is 838. The lowest BCUT2D eigenvalue weighted by atomic mass is 10.1. The van der Waals surface area contributed by atoms with Crippen molar-refractivity contribution in [1.29, 1.82) is 0 Å². The van der Waals surface area contributed by atoms with Crippen molar-refractivity contribution in [2.45, 2.75) is 6.54 Å². The van der Waals surface area contributed by atoms with Crippen molar-refractivity contribution < 1.29 is 13.9 Å². The van der Waals surface area contributed by atoms with Gasteiger partial charge in [-0.25, -0.2) is 4.79 Å². The van der Waals surface area contributed by atoms with Crippen LogP contribution in [0.25, 0.3) is 11.0 Å². The predicted molar refractivity (Wildman–Crippen MR) is 99.4 cm³/mol. The number of carbonyl (C=O) groups is 1. The summed E-state index contributed by atoms with van der Waals surface area (Å²) in [6.45, 7) is 4.54. The van der Waals surface area contributed by atoms with Gasteiger partial charge in [0, 0.05) is 64.3 Å². The van der Waals surface area contributed by atoms with Gasteiger partial charge in [-0.1, -0.05) is 0 Å². The first-order valence-electron chi connectivity index (χ1n) is 8.72. The number of amides is 1. The third-order valence-electron chi connectivity index (χ3n) is 4.75. The largest absolute Gasteiger partial charge is 0.497 e. The summed E-state index contributed by atoms with van der Waals surface area (Å²) in [7, 11) is 5.14. The Hall–Kier alpha value is -2.38. The Morgan fingerprint density at radius 2 is 1.85 bits per heavy atom. The van der Waals surface area contributed by atoms with E-state index in [9.17, 15) is 9.59 Å². The average Bonchev–Trinajstić information content (AvgIpc) is 2.62. The summed E-state index contributed by atoms with van der Waals surface area (Å²) >= 11 is 0. The molecule has 1 amide bonds. The molecular formula is C19H25N3O4. The first-order chi connectivity index (χ1) is 12.5. The Balaban J connectivity index is 1.68. The topological polar surface area (TPSA) is 66.2 Å². The highest BCUT2D eigenvalue weighted by Gasteiger charge is 2.20. The third-order valence-corrected chi connectivity index (χ3v) is 4.75. The van der Waals surface area contributed by atoms with Gasteiger partial charge in [0.2, 0.25) is 5.91 Å². The molecule has 0 saturated carbocycles. The number of piperazine rings is 1. The zero-order chi connectivity index (χ0) is 18.7. The van der Waals surface area contributed by atoms with E-state index in [-0.39, 0.29) is 11.5 Å². The zero-order valence-corrected chi connectivity index (χ0v) is 15.5. The third kappa shape index (κ3) is 4.23. The molecule has 1 saturated heterocycles. The van der Waals surface area contributed by atoms with Gasteiger partial charge in [-0.3, -0.25) is 14.6 Å². The van der Waals surface area contributed by atoms with Crippen molar-refractivity contribution >= 4 is 16.9 Å². The quantitative estimate of drug-likeness (QED) is 0.743. The molecule has 2 aromatic rings. The van der Waals surface area contributed by atoms with E-state index in [0.29, 0.717) is 24.4 Å². The second-order valence-corrected chi connectivity index (χ2v) is 6.79. The minimum Gasteiger partial charge on any atom is -0.497 e. The Labute approximate surface area is 152 Å². The van der Waals surface area contributed by atoms with Gasteiger partial charge in [0.15, 0.2) is 0 Å². The number of carbonyl (C=O) groups excluding carboxylic acids is 1. The molecule has 1 aliphatic heterocycles. The van der Waals surface area contributed by atoms with Crippen LogP contribution in [0.1, 0.15) is 5.56 Å². The molecule has 0 atom stereocenters. The molecule has 0 N–H and O–H groups in total. The highest BCUT2D eigenvalue weighted by Crippen LogP contribution is 2.23. The van der Waals surface area contributed by atoms with E-state index >= 15 is 0 Å². The van der Waals surface area contributed by atoms with Gasteiger partial charge < -0.3 is 14.1 Å². The van der Waals surface area contributed by atoms with E-state index in [1.807, 2.05) is 12.1 Å². The lowest BCUT2D eigenvalue weighted by molar-refractivity contribution is -0.130. The molecule has 1 aromatic carbocycles. The molecule has 0 unspecified atom stereocenters. The second kappa shape index (κ2) is 7.88. The fourth-order valence-electron chi connectivity index (χ4n) is 3.15. The molecule has 1 aromatic heterocycles. The van der Waals surface area contributed by atoms with Crippen molar-refractivity contribution in [3.05, 3.63) is 40.2 Å². The minimum absolute atomic E-state index is 0.124. The van der Waals surface area contributed by atoms with E-state index in [2.05, 4.69) is 9.80 Å². The SMILES string of the molecule is COc1ccc2c(CN3CCN(CC(=O)N(C)C)CC3)cc(=O)oc2c1. The highest BCUT2D eigenvalue weighted by molar-refractivity contribution is 5.81. The normalized spacial score (nSPS) is 16.0. The maximum Gasteiger partial charge on any atom is 0.336 e. The van der Waals surface area contributed by atoms with Crippen LogP contribution in [0.2, 0.25) is 0 Å². The number of nitrogens with zero attached hydrogens (tertiary/aromatic N) is 3. The van der Waals surface area contributed by atoms with E-state index in [0.717, 1.165) is 37.1 Å². The Morgan fingerprint density at radius 1 is 1.15 bits per heavy atom. The summed E-state index contributed by atoms with van der Waals surface area (Å²) < 4.78 is 10.5. The molecule has 2 heterocycles. The van der Waals surface area contributed by atoms with Gasteiger partial charge in [-0.2, -0.15) is 0 Å². The number of fused-ring (bicyclic) bond motifs is 1. The van der Waals surface area contributed by atoms with Crippen LogP contribution in [-0.2, 0) is 11.3 Å². The maximum absolute atomic E-state index is 11.9. The van der Waals surface area contributed by atoms with Crippen LogP contribution in [0, 0.1) is 0 Å². The number of benzene rings is 1. The molecule has 140 valence electrons. The fraction of sp³-hybridized carbons (Fsp3) is 0.474. The van der Waals surface area contributed by atoms with Crippen LogP contribution in [0.15, 0.2) is 33.5 Å². The van der Waals surface area contributed by atoms with E-state index in [4.69, 9.17) is 9.15 Å². The number of likely N-dealkylation sites (N-methyl/N-ethyl adjacent to an activating group) is 1. The van der Waals surface area contributed by atoms with Crippen molar-refractivity contribution in [3.63, 3.8) is 0 Å². The molecule has 0 aliphatic carbocycles. The molecule has 26 heavy (non-hydrogen) atoms. The smallest absolute Gasteiger partial charge is 0.336 e. The molecule has 7 nitrogen and oxygen atoms in total. The Morgan fingerprint density at radius 3 is 2.50 bits per heavy atom. The first-order valence-corrected chi connectivity index (χ1v) is 8.72. The molecule has 3 rings (SSSR count). The van der Waals surface area contributed by atoms with Crippen molar-refractivity contribution in [2.24, 2.45) is 0 Å². The van der Waals surface area contributed by atoms with Crippen LogP contribution in [0.3, 0.4) is 0 Å². The van der Waals surface area contributed by atoms with Crippen LogP contribution < -0.4 is 10.4 Å². The molecule has 0 bridgehead atoms. The summed E-state index contributed by atoms with van der Waals surface area (Å²) in [4.78, 5) is 29.8. The second-order valence-electron chi connectivity index (χ2n) is 6.79. The average molecular weight is 359 g/mol. The monoisotopic (exact) mass is 359 g/mol. The van der Waals surface area contributed by atoms with Gasteiger partial charge in [-0.05, 0) is 17.7 Å². The van der Waals surface area contributed by atoms with Gasteiger partial charge in [-0.15, -0.1) is 0 Å². The van der Waals surface area contributed by atoms with Crippen molar-refractivity contribution in [1.82, 2.24) is 14.7 Å². The van der Waals surface area contributed by atoms with Crippen molar-refractivity contribution in [2.75, 3.05) is 53.9 Å². The number of ether oxygens (including phenoxy) is 1. The number of hydrogen-bond donors (Lipinski definition) is 0. The summed E-state index contributed by atoms with van der Waals surface area (Å²) in [6, 6.07) is 7.11. The molecule has 0 radical (unpaired) electrons. The number of methoxy groups -OCH3 is 1. The summed E-state index contributed by atoms with van der Waals surface area (Å²) in [6.07, 6.45) is 0. The number of rotatable bonds is 5. The minimum atomic E-state index is -0.351. The maximum atomic E-state index is 11.9. The molecular weight excluding hydrogens is 334 g/mol. The van der Waals surface area contributed by atoms with Gasteiger partial charge in [0.1, 0.15) is 11.3 Å².